The molecule has 5 N–H and O–H groups in total. The third-order valence-corrected chi connectivity index (χ3v) is 8.48. The molecule has 0 aliphatic heterocycles. The summed E-state index contributed by atoms with van der Waals surface area (Å²) in [6, 6.07) is -1.25. The molecule has 0 saturated heterocycles. The highest BCUT2D eigenvalue weighted by Crippen LogP contribution is 2.17. The zero-order valence-corrected chi connectivity index (χ0v) is 27.3. The number of aliphatic carboxylic acids is 2. The average molecular weight is 649 g/mol. The van der Waals surface area contributed by atoms with Gasteiger partial charge in [-0.15, -0.1) is 0 Å². The second-order valence-electron chi connectivity index (χ2n) is 11.7. The van der Waals surface area contributed by atoms with Gasteiger partial charge in [0.05, 0.1) is 17.7 Å². The van der Waals surface area contributed by atoms with Gasteiger partial charge in [0.1, 0.15) is 0 Å². The van der Waals surface area contributed by atoms with Crippen LogP contribution < -0.4 is 10.6 Å². The molecule has 0 aliphatic rings. The summed E-state index contributed by atoms with van der Waals surface area (Å²) in [7, 11) is -2.98. The lowest BCUT2D eigenvalue weighted by Crippen LogP contribution is -2.43. The summed E-state index contributed by atoms with van der Waals surface area (Å²) in [6.45, 7) is 0. The Labute approximate surface area is 263 Å². The van der Waals surface area contributed by atoms with Crippen LogP contribution in [0.5, 0.6) is 0 Å². The molecule has 0 heterocycles. The number of rotatable bonds is 30. The van der Waals surface area contributed by atoms with E-state index in [1.54, 1.807) is 0 Å². The van der Waals surface area contributed by atoms with E-state index in [0.717, 1.165) is 44.9 Å². The van der Waals surface area contributed by atoms with Crippen LogP contribution in [-0.4, -0.2) is 71.6 Å². The van der Waals surface area contributed by atoms with Crippen LogP contribution in [0.25, 0.3) is 0 Å². The predicted molar refractivity (Wildman–Crippen MR) is 168 cm³/mol. The first-order valence-corrected chi connectivity index (χ1v) is 17.9. The Bertz CT molecular complexity index is 955. The van der Waals surface area contributed by atoms with Crippen LogP contribution in [0.1, 0.15) is 141 Å². The van der Waals surface area contributed by atoms with E-state index in [1.165, 1.54) is 58.4 Å². The number of carboxylic acid groups (broad SMARTS) is 2. The van der Waals surface area contributed by atoms with E-state index in [2.05, 4.69) is 10.6 Å². The van der Waals surface area contributed by atoms with Gasteiger partial charge in [-0.25, -0.2) is 0 Å². The molecular formula is C31H56N2O10S. The van der Waals surface area contributed by atoms with E-state index in [4.69, 9.17) is 9.66 Å². The van der Waals surface area contributed by atoms with Crippen molar-refractivity contribution in [2.24, 2.45) is 5.92 Å². The Kier molecular flexibility index (Phi) is 24.3. The molecule has 0 aliphatic carbocycles. The molecule has 256 valence electrons. The van der Waals surface area contributed by atoms with Crippen LogP contribution in [0, 0.1) is 5.92 Å². The number of ketones is 1. The smallest absolute Gasteiger partial charge is 0.306 e. The maximum Gasteiger partial charge on any atom is 0.306 e. The van der Waals surface area contributed by atoms with Crippen LogP contribution in [0.2, 0.25) is 0 Å². The summed E-state index contributed by atoms with van der Waals surface area (Å²) in [5.74, 6) is -5.36. The van der Waals surface area contributed by atoms with Gasteiger partial charge in [0, 0.05) is 32.7 Å². The van der Waals surface area contributed by atoms with Crippen LogP contribution in [0.15, 0.2) is 0 Å². The third kappa shape index (κ3) is 25.9. The predicted octanol–water partition coefficient (Wildman–Crippen LogP) is 5.04. The molecule has 0 fully saturated rings. The number of Topliss-reactive ketones (excluding diaryl/α,β-unsaturated/α-hetero) is 1. The van der Waals surface area contributed by atoms with E-state index in [-0.39, 0.29) is 38.0 Å². The molecule has 0 rings (SSSR count). The zero-order valence-electron chi connectivity index (χ0n) is 26.5. The first-order valence-electron chi connectivity index (χ1n) is 16.3. The van der Waals surface area contributed by atoms with Crippen molar-refractivity contribution >= 4 is 39.7 Å². The second-order valence-corrected chi connectivity index (χ2v) is 13.2. The topological polar surface area (TPSA) is 204 Å². The maximum absolute atomic E-state index is 12.8. The fourth-order valence-electron chi connectivity index (χ4n) is 5.01. The molecule has 44 heavy (non-hydrogen) atoms. The number of carbonyl (C=O) groups excluding carboxylic acids is 3. The summed E-state index contributed by atoms with van der Waals surface area (Å²) < 4.78 is 31.6. The molecule has 0 radical (unpaired) electrons. The van der Waals surface area contributed by atoms with Crippen LogP contribution in [0.4, 0.5) is 0 Å². The molecule has 0 aromatic rings. The van der Waals surface area contributed by atoms with Gasteiger partial charge in [-0.05, 0) is 25.7 Å². The molecule has 0 aromatic carbocycles. The quantitative estimate of drug-likeness (QED) is 0.0518. The van der Waals surface area contributed by atoms with Crippen LogP contribution in [-0.2, 0) is 34.1 Å². The van der Waals surface area contributed by atoms with Gasteiger partial charge >= 0.3 is 11.9 Å². The van der Waals surface area contributed by atoms with Crippen molar-refractivity contribution in [3.05, 3.63) is 0 Å². The van der Waals surface area contributed by atoms with Gasteiger partial charge in [0.25, 0.3) is 10.1 Å². The Morgan fingerprint density at radius 3 is 1.43 bits per heavy atom. The van der Waals surface area contributed by atoms with Gasteiger partial charge in [0.2, 0.25) is 11.8 Å². The molecule has 2 amide bonds. The number of carbonyl (C=O) groups is 5. The first kappa shape index (κ1) is 41.5. The van der Waals surface area contributed by atoms with Crippen molar-refractivity contribution in [3.63, 3.8) is 0 Å². The molecule has 0 saturated carbocycles. The number of hydrogen-bond acceptors (Lipinski definition) is 7. The lowest BCUT2D eigenvalue weighted by atomic mass is 9.93. The second kappa shape index (κ2) is 25.8. The van der Waals surface area contributed by atoms with E-state index < -0.39 is 57.9 Å². The highest BCUT2D eigenvalue weighted by molar-refractivity contribution is 7.85. The number of nitrogens with one attached hydrogen (secondary N) is 2. The Hall–Kier alpha value is -2.54. The van der Waals surface area contributed by atoms with Gasteiger partial charge in [-0.2, -0.15) is 8.42 Å². The van der Waals surface area contributed by atoms with Gasteiger partial charge in [0.15, 0.2) is 5.78 Å². The largest absolute Gasteiger partial charge is 0.481 e. The normalized spacial score (nSPS) is 12.8. The average Bonchev–Trinajstić information content (AvgIpc) is 2.95. The van der Waals surface area contributed by atoms with Crippen molar-refractivity contribution in [2.45, 2.75) is 147 Å². The SMILES string of the molecule is CNC(=O)CC[C@H](CC(=O)[C@H](CCS(=O)(=O)O)NC(=O)CCCCCCCCCCCCCCCCCCC(=O)O)C(=O)O. The van der Waals surface area contributed by atoms with Gasteiger partial charge in [-0.1, -0.05) is 89.9 Å². The highest BCUT2D eigenvalue weighted by atomic mass is 32.2. The lowest BCUT2D eigenvalue weighted by molar-refractivity contribution is -0.144. The minimum absolute atomic E-state index is 0.0837. The summed E-state index contributed by atoms with van der Waals surface area (Å²) in [4.78, 5) is 58.8. The van der Waals surface area contributed by atoms with Crippen molar-refractivity contribution in [1.29, 1.82) is 0 Å². The Morgan fingerprint density at radius 1 is 0.614 bits per heavy atom. The van der Waals surface area contributed by atoms with Crippen molar-refractivity contribution in [3.8, 4) is 0 Å². The molecule has 0 aromatic heterocycles. The minimum atomic E-state index is -4.39. The van der Waals surface area contributed by atoms with Crippen LogP contribution >= 0.6 is 0 Å². The third-order valence-electron chi connectivity index (χ3n) is 7.73. The fourth-order valence-corrected chi connectivity index (χ4v) is 5.55. The van der Waals surface area contributed by atoms with E-state index in [0.29, 0.717) is 6.42 Å². The number of unbranched alkanes of at least 4 members (excludes halogenated alkanes) is 15. The summed E-state index contributed by atoms with van der Waals surface area (Å²) in [6.07, 6.45) is 16.7. The molecule has 0 bridgehead atoms. The maximum atomic E-state index is 12.8. The number of amides is 2. The van der Waals surface area contributed by atoms with Gasteiger partial charge in [-0.3, -0.25) is 28.5 Å². The molecule has 0 unspecified atom stereocenters. The minimum Gasteiger partial charge on any atom is -0.481 e. The van der Waals surface area contributed by atoms with Gasteiger partial charge < -0.3 is 20.8 Å². The molecule has 12 nitrogen and oxygen atoms in total. The van der Waals surface area contributed by atoms with Crippen LogP contribution in [0.3, 0.4) is 0 Å². The summed E-state index contributed by atoms with van der Waals surface area (Å²) in [5, 5.41) is 23.0. The molecule has 13 heteroatoms. The monoisotopic (exact) mass is 648 g/mol. The van der Waals surface area contributed by atoms with E-state index in [9.17, 15) is 37.5 Å². The lowest BCUT2D eigenvalue weighted by Gasteiger charge is -2.19. The molecule has 2 atom stereocenters. The molecule has 0 spiro atoms. The van der Waals surface area contributed by atoms with Crippen molar-refractivity contribution < 1.29 is 47.2 Å². The standard InChI is InChI=1S/C31H56N2O10S/c1-32-28(35)21-20-25(31(39)40)24-27(34)26(22-23-44(41,42)43)33-29(36)18-16-14-12-10-8-6-4-2-3-5-7-9-11-13-15-17-19-30(37)38/h25-26H,2-24H2,1H3,(H,32,35)(H,33,36)(H,37,38)(H,39,40)(H,41,42,43)/t25-,26+/m1/s1. The van der Waals surface area contributed by atoms with E-state index >= 15 is 0 Å². The van der Waals surface area contributed by atoms with Crippen molar-refractivity contribution in [2.75, 3.05) is 12.8 Å². The Morgan fingerprint density at radius 2 is 1.05 bits per heavy atom. The Balaban J connectivity index is 4.14. The zero-order chi connectivity index (χ0) is 33.2. The molecular weight excluding hydrogens is 592 g/mol. The fraction of sp³-hybridized carbons (Fsp3) is 0.839. The van der Waals surface area contributed by atoms with E-state index in [1.807, 2.05) is 0 Å². The van der Waals surface area contributed by atoms with Crippen molar-refractivity contribution in [1.82, 2.24) is 10.6 Å². The number of carboxylic acids is 2. The summed E-state index contributed by atoms with van der Waals surface area (Å²) in [5.41, 5.74) is 0. The first-order chi connectivity index (χ1) is 20.9. The summed E-state index contributed by atoms with van der Waals surface area (Å²) >= 11 is 0. The highest BCUT2D eigenvalue weighted by Gasteiger charge is 2.28. The number of hydrogen-bond donors (Lipinski definition) is 5.